The van der Waals surface area contributed by atoms with Crippen molar-refractivity contribution in [2.75, 3.05) is 0 Å². The van der Waals surface area contributed by atoms with Crippen molar-refractivity contribution in [1.82, 2.24) is 0 Å². The first-order valence-corrected chi connectivity index (χ1v) is 9.92. The zero-order chi connectivity index (χ0) is 15.2. The minimum atomic E-state index is -1.75. The van der Waals surface area contributed by atoms with Crippen molar-refractivity contribution < 1.29 is 4.43 Å². The number of allylic oxidation sites excluding steroid dienone is 1. The highest BCUT2D eigenvalue weighted by molar-refractivity contribution is 6.77. The van der Waals surface area contributed by atoms with Gasteiger partial charge < -0.3 is 4.43 Å². The molecule has 0 unspecified atom stereocenters. The van der Waals surface area contributed by atoms with Gasteiger partial charge in [0.25, 0.3) is 8.32 Å². The Morgan fingerprint density at radius 1 is 0.900 bits per heavy atom. The van der Waals surface area contributed by atoms with E-state index in [-0.39, 0.29) is 0 Å². The van der Waals surface area contributed by atoms with Gasteiger partial charge in [-0.1, -0.05) is 71.9 Å². The lowest BCUT2D eigenvalue weighted by Gasteiger charge is -2.41. The lowest BCUT2D eigenvalue weighted by molar-refractivity contribution is 0.415. The first kappa shape index (κ1) is 17.0. The van der Waals surface area contributed by atoms with Gasteiger partial charge in [0.1, 0.15) is 0 Å². The summed E-state index contributed by atoms with van der Waals surface area (Å²) in [5.41, 5.74) is 3.22. The summed E-state index contributed by atoms with van der Waals surface area (Å²) in [5, 5.41) is 0. The van der Waals surface area contributed by atoms with E-state index in [9.17, 15) is 0 Å². The lowest BCUT2D eigenvalue weighted by atomic mass is 10.2. The predicted octanol–water partition coefficient (Wildman–Crippen LogP) is 5.93. The lowest BCUT2D eigenvalue weighted by Crippen LogP contribution is -2.46. The zero-order valence-corrected chi connectivity index (χ0v) is 14.9. The first-order valence-electron chi connectivity index (χ1n) is 7.78. The molecule has 0 aliphatic heterocycles. The summed E-state index contributed by atoms with van der Waals surface area (Å²) in [6.45, 7) is 13.9. The molecule has 1 rings (SSSR count). The van der Waals surface area contributed by atoms with Crippen LogP contribution in [0.25, 0.3) is 0 Å². The molecule has 0 radical (unpaired) electrons. The van der Waals surface area contributed by atoms with Gasteiger partial charge in [-0.05, 0) is 34.7 Å². The summed E-state index contributed by atoms with van der Waals surface area (Å²) in [4.78, 5) is 0. The Labute approximate surface area is 126 Å². The second-order valence-electron chi connectivity index (χ2n) is 6.50. The molecule has 0 saturated carbocycles. The van der Waals surface area contributed by atoms with Crippen LogP contribution in [0.2, 0.25) is 16.6 Å². The quantitative estimate of drug-likeness (QED) is 0.446. The Kier molecular flexibility index (Phi) is 6.54. The molecule has 0 atom stereocenters. The monoisotopic (exact) mass is 290 g/mol. The van der Waals surface area contributed by atoms with Crippen molar-refractivity contribution >= 4 is 8.32 Å². The van der Waals surface area contributed by atoms with Gasteiger partial charge in [0.05, 0.1) is 6.26 Å². The fraction of sp³-hybridized carbons (Fsp3) is 0.556. The molecule has 1 aromatic rings. The van der Waals surface area contributed by atoms with Crippen LogP contribution < -0.4 is 0 Å². The summed E-state index contributed by atoms with van der Waals surface area (Å²) < 4.78 is 6.39. The van der Waals surface area contributed by atoms with Crippen molar-refractivity contribution in [3.05, 3.63) is 48.2 Å². The second-order valence-corrected chi connectivity index (χ2v) is 11.9. The van der Waals surface area contributed by atoms with Crippen LogP contribution in [0, 0.1) is 0 Å². The van der Waals surface area contributed by atoms with E-state index in [4.69, 9.17) is 4.43 Å². The summed E-state index contributed by atoms with van der Waals surface area (Å²) in [6.07, 6.45) is 5.07. The fourth-order valence-electron chi connectivity index (χ4n) is 3.37. The van der Waals surface area contributed by atoms with E-state index in [0.29, 0.717) is 16.6 Å². The van der Waals surface area contributed by atoms with Crippen LogP contribution in [0.1, 0.15) is 47.1 Å². The molecule has 1 nitrogen and oxygen atoms in total. The molecule has 2 heteroatoms. The Bertz CT molecular complexity index is 385. The maximum atomic E-state index is 6.39. The van der Waals surface area contributed by atoms with E-state index >= 15 is 0 Å². The fourth-order valence-corrected chi connectivity index (χ4v) is 8.52. The van der Waals surface area contributed by atoms with Crippen LogP contribution >= 0.6 is 0 Å². The molecule has 0 aliphatic carbocycles. The van der Waals surface area contributed by atoms with Gasteiger partial charge in [-0.25, -0.2) is 0 Å². The van der Waals surface area contributed by atoms with Crippen molar-refractivity contribution in [2.45, 2.75) is 64.6 Å². The third-order valence-corrected chi connectivity index (χ3v) is 10.2. The number of hydrogen-bond donors (Lipinski definition) is 0. The van der Waals surface area contributed by atoms with Crippen LogP contribution in [0.5, 0.6) is 0 Å². The highest BCUT2D eigenvalue weighted by Crippen LogP contribution is 2.42. The Morgan fingerprint density at radius 3 is 1.85 bits per heavy atom. The molecule has 0 aliphatic rings. The van der Waals surface area contributed by atoms with Crippen LogP contribution in [0.15, 0.2) is 42.7 Å². The number of hydrogen-bond acceptors (Lipinski definition) is 1. The Hall–Kier alpha value is -1.02. The number of rotatable bonds is 7. The Balaban J connectivity index is 2.72. The SMILES string of the molecule is CC(C)[Si](OC=CCc1ccccc1)(C(C)C)C(C)C. The van der Waals surface area contributed by atoms with Crippen LogP contribution in [0.4, 0.5) is 0 Å². The van der Waals surface area contributed by atoms with Crippen molar-refractivity contribution in [3.63, 3.8) is 0 Å². The second kappa shape index (κ2) is 7.68. The molecule has 0 fully saturated rings. The van der Waals surface area contributed by atoms with Gasteiger partial charge in [-0.15, -0.1) is 0 Å². The standard InChI is InChI=1S/C18H30OSi/c1-15(2)20(16(3)4,17(5)6)19-14-10-13-18-11-8-7-9-12-18/h7-12,14-17H,13H2,1-6H3. The third kappa shape index (κ3) is 3.98. The van der Waals surface area contributed by atoms with E-state index in [2.05, 4.69) is 78.0 Å². The van der Waals surface area contributed by atoms with E-state index in [1.54, 1.807) is 0 Å². The highest BCUT2D eigenvalue weighted by atomic mass is 28.4. The molecule has 0 amide bonds. The minimum absolute atomic E-state index is 0.629. The van der Waals surface area contributed by atoms with Crippen LogP contribution in [0.3, 0.4) is 0 Å². The summed E-state index contributed by atoms with van der Waals surface area (Å²) in [7, 11) is -1.75. The molecule has 0 N–H and O–H groups in total. The highest BCUT2D eigenvalue weighted by Gasteiger charge is 2.46. The summed E-state index contributed by atoms with van der Waals surface area (Å²) >= 11 is 0. The van der Waals surface area contributed by atoms with Gasteiger partial charge in [-0.2, -0.15) is 0 Å². The average Bonchev–Trinajstić information content (AvgIpc) is 2.38. The van der Waals surface area contributed by atoms with E-state index in [1.807, 2.05) is 6.26 Å². The molecule has 1 aromatic carbocycles. The molecule has 0 heterocycles. The van der Waals surface area contributed by atoms with Gasteiger partial charge in [0.15, 0.2) is 0 Å². The normalized spacial score (nSPS) is 12.8. The van der Waals surface area contributed by atoms with E-state index in [0.717, 1.165) is 6.42 Å². The molecular weight excluding hydrogens is 260 g/mol. The van der Waals surface area contributed by atoms with Gasteiger partial charge >= 0.3 is 0 Å². The van der Waals surface area contributed by atoms with Gasteiger partial charge in [-0.3, -0.25) is 0 Å². The average molecular weight is 291 g/mol. The van der Waals surface area contributed by atoms with E-state index in [1.165, 1.54) is 5.56 Å². The largest absolute Gasteiger partial charge is 0.548 e. The molecule has 0 spiro atoms. The Morgan fingerprint density at radius 2 is 1.40 bits per heavy atom. The van der Waals surface area contributed by atoms with Crippen molar-refractivity contribution in [1.29, 1.82) is 0 Å². The molecule has 0 aromatic heterocycles. The molecule has 0 saturated heterocycles. The molecular formula is C18H30OSi. The molecule has 0 bridgehead atoms. The van der Waals surface area contributed by atoms with Crippen molar-refractivity contribution in [2.24, 2.45) is 0 Å². The van der Waals surface area contributed by atoms with Gasteiger partial charge in [0.2, 0.25) is 0 Å². The smallest absolute Gasteiger partial charge is 0.257 e. The first-order chi connectivity index (χ1) is 9.41. The van der Waals surface area contributed by atoms with Gasteiger partial charge in [0, 0.05) is 0 Å². The topological polar surface area (TPSA) is 9.23 Å². The number of benzene rings is 1. The molecule has 20 heavy (non-hydrogen) atoms. The van der Waals surface area contributed by atoms with Crippen molar-refractivity contribution in [3.8, 4) is 0 Å². The third-order valence-electron chi connectivity index (χ3n) is 4.27. The minimum Gasteiger partial charge on any atom is -0.548 e. The van der Waals surface area contributed by atoms with Crippen LogP contribution in [-0.4, -0.2) is 8.32 Å². The maximum absolute atomic E-state index is 6.39. The van der Waals surface area contributed by atoms with E-state index < -0.39 is 8.32 Å². The zero-order valence-electron chi connectivity index (χ0n) is 13.9. The summed E-state index contributed by atoms with van der Waals surface area (Å²) in [6, 6.07) is 10.5. The predicted molar refractivity (Wildman–Crippen MR) is 91.4 cm³/mol. The molecule has 112 valence electrons. The summed E-state index contributed by atoms with van der Waals surface area (Å²) in [5.74, 6) is 0. The maximum Gasteiger partial charge on any atom is 0.257 e. The van der Waals surface area contributed by atoms with Crippen LogP contribution in [-0.2, 0) is 10.8 Å².